The topological polar surface area (TPSA) is 15.4 Å². The molecule has 3 heteroatoms. The van der Waals surface area contributed by atoms with E-state index in [2.05, 4.69) is 25.4 Å². The fourth-order valence-corrected chi connectivity index (χ4v) is 1.85. The van der Waals surface area contributed by atoms with E-state index in [1.807, 2.05) is 23.4 Å². The fourth-order valence-electron chi connectivity index (χ4n) is 1.07. The van der Waals surface area contributed by atoms with Gasteiger partial charge in [-0.05, 0) is 12.5 Å². The van der Waals surface area contributed by atoms with Gasteiger partial charge in [0.2, 0.25) is 0 Å². The third kappa shape index (κ3) is 6.40. The Labute approximate surface area is 79.8 Å². The van der Waals surface area contributed by atoms with Crippen LogP contribution in [0.2, 0.25) is 0 Å². The summed E-state index contributed by atoms with van der Waals surface area (Å²) in [6, 6.07) is 0. The van der Waals surface area contributed by atoms with E-state index >= 15 is 0 Å². The molecule has 0 aliphatic rings. The van der Waals surface area contributed by atoms with E-state index < -0.39 is 0 Å². The lowest BCUT2D eigenvalue weighted by Gasteiger charge is -2.09. The molecule has 0 fully saturated rings. The number of hydrogen-bond acceptors (Lipinski definition) is 2. The second kappa shape index (κ2) is 7.35. The van der Waals surface area contributed by atoms with Crippen LogP contribution in [0, 0.1) is 5.92 Å². The fraction of sp³-hybridized carbons (Fsp3) is 0.778. The first-order valence-corrected chi connectivity index (χ1v) is 5.38. The van der Waals surface area contributed by atoms with Gasteiger partial charge in [-0.3, -0.25) is 0 Å². The minimum atomic E-state index is 0.606. The molecule has 12 heavy (non-hydrogen) atoms. The summed E-state index contributed by atoms with van der Waals surface area (Å²) in [5.74, 6) is 2.94. The van der Waals surface area contributed by atoms with Crippen LogP contribution >= 0.6 is 11.8 Å². The second-order valence-corrected chi connectivity index (χ2v) is 4.29. The summed E-state index contributed by atoms with van der Waals surface area (Å²) < 4.78 is 1.96. The lowest BCUT2D eigenvalue weighted by atomic mass is 10.2. The summed E-state index contributed by atoms with van der Waals surface area (Å²) in [6.07, 6.45) is 0. The van der Waals surface area contributed by atoms with Crippen molar-refractivity contribution < 1.29 is 4.58 Å². The van der Waals surface area contributed by atoms with Crippen LogP contribution in [0.4, 0.5) is 0 Å². The summed E-state index contributed by atoms with van der Waals surface area (Å²) in [7, 11) is 1.99. The van der Waals surface area contributed by atoms with Gasteiger partial charge in [0.05, 0.1) is 0 Å². The van der Waals surface area contributed by atoms with Crippen LogP contribution in [0.3, 0.4) is 0 Å². The first kappa shape index (κ1) is 11.7. The molecule has 0 aromatic rings. The maximum Gasteiger partial charge on any atom is 0.147 e. The number of thioether (sulfide) groups is 1. The van der Waals surface area contributed by atoms with Crippen LogP contribution in [0.1, 0.15) is 6.92 Å². The van der Waals surface area contributed by atoms with Crippen molar-refractivity contribution in [1.29, 1.82) is 0 Å². The van der Waals surface area contributed by atoms with Gasteiger partial charge < -0.3 is 4.99 Å². The van der Waals surface area contributed by atoms with Crippen molar-refractivity contribution >= 4 is 25.2 Å². The van der Waals surface area contributed by atoms with Gasteiger partial charge in [-0.1, -0.05) is 6.92 Å². The average molecular weight is 187 g/mol. The predicted molar refractivity (Wildman–Crippen MR) is 59.1 cm³/mol. The van der Waals surface area contributed by atoms with Crippen LogP contribution < -0.4 is 0 Å². The van der Waals surface area contributed by atoms with E-state index in [1.54, 1.807) is 0 Å². The zero-order valence-corrected chi connectivity index (χ0v) is 8.94. The molecule has 1 atom stereocenters. The Bertz CT molecular complexity index is 145. The first-order valence-electron chi connectivity index (χ1n) is 4.22. The highest BCUT2D eigenvalue weighted by atomic mass is 32.2. The summed E-state index contributed by atoms with van der Waals surface area (Å²) >= 11 is 1.96. The molecular formula is C9H19N2S+. The molecule has 2 nitrogen and oxygen atoms in total. The number of hydrogen-bond donors (Lipinski definition) is 0. The molecule has 0 rings (SSSR count). The summed E-state index contributed by atoms with van der Waals surface area (Å²) in [4.78, 5) is 3.92. The Hall–Kier alpha value is -0.310. The van der Waals surface area contributed by atoms with E-state index in [4.69, 9.17) is 0 Å². The minimum Gasteiger partial charge on any atom is -0.300 e. The van der Waals surface area contributed by atoms with Crippen LogP contribution in [-0.4, -0.2) is 49.7 Å². The number of rotatable bonds is 7. The third-order valence-corrected chi connectivity index (χ3v) is 2.63. The standard InChI is InChI=1S/C9H19N2S/c1-5-12-8-9(6-10-2)7-11(3)4/h9H,2-3,5-8H2,1,4H3/q+1. The molecule has 0 saturated carbocycles. The molecule has 0 amide bonds. The second-order valence-electron chi connectivity index (χ2n) is 2.97. The van der Waals surface area contributed by atoms with Gasteiger partial charge in [0.25, 0.3) is 0 Å². The molecule has 70 valence electrons. The lowest BCUT2D eigenvalue weighted by Crippen LogP contribution is -2.20. The van der Waals surface area contributed by atoms with Crippen molar-refractivity contribution in [3.05, 3.63) is 0 Å². The summed E-state index contributed by atoms with van der Waals surface area (Å²) in [5.41, 5.74) is 0. The van der Waals surface area contributed by atoms with Gasteiger partial charge in [-0.15, -0.1) is 0 Å². The van der Waals surface area contributed by atoms with Gasteiger partial charge >= 0.3 is 0 Å². The van der Waals surface area contributed by atoms with Gasteiger partial charge in [0.15, 0.2) is 0 Å². The molecule has 0 aliphatic carbocycles. The normalized spacial score (nSPS) is 12.5. The predicted octanol–water partition coefficient (Wildman–Crippen LogP) is 1.40. The zero-order chi connectivity index (χ0) is 9.40. The summed E-state index contributed by atoms with van der Waals surface area (Å²) in [6.45, 7) is 11.4. The Balaban J connectivity index is 3.68. The molecule has 0 saturated heterocycles. The first-order chi connectivity index (χ1) is 5.70. The monoisotopic (exact) mass is 187 g/mol. The van der Waals surface area contributed by atoms with E-state index in [0.29, 0.717) is 5.92 Å². The Kier molecular flexibility index (Phi) is 7.16. The highest BCUT2D eigenvalue weighted by molar-refractivity contribution is 7.99. The van der Waals surface area contributed by atoms with Crippen molar-refractivity contribution in [3.8, 4) is 0 Å². The molecule has 1 unspecified atom stereocenters. The zero-order valence-electron chi connectivity index (χ0n) is 8.12. The Morgan fingerprint density at radius 3 is 2.67 bits per heavy atom. The van der Waals surface area contributed by atoms with E-state index in [1.165, 1.54) is 5.75 Å². The molecule has 0 N–H and O–H groups in total. The van der Waals surface area contributed by atoms with Crippen molar-refractivity contribution in [2.24, 2.45) is 10.9 Å². The van der Waals surface area contributed by atoms with Crippen molar-refractivity contribution in [1.82, 2.24) is 0 Å². The van der Waals surface area contributed by atoms with E-state index in [-0.39, 0.29) is 0 Å². The van der Waals surface area contributed by atoms with Crippen LogP contribution in [0.15, 0.2) is 4.99 Å². The largest absolute Gasteiger partial charge is 0.300 e. The van der Waals surface area contributed by atoms with Gasteiger partial charge in [-0.25, -0.2) is 4.58 Å². The maximum atomic E-state index is 3.92. The molecule has 0 bridgehead atoms. The molecule has 0 aliphatic heterocycles. The average Bonchev–Trinajstić information content (AvgIpc) is 2.00. The molecule has 0 aromatic heterocycles. The minimum absolute atomic E-state index is 0.606. The van der Waals surface area contributed by atoms with Crippen LogP contribution in [0.25, 0.3) is 0 Å². The quantitative estimate of drug-likeness (QED) is 0.434. The third-order valence-electron chi connectivity index (χ3n) is 1.51. The smallest absolute Gasteiger partial charge is 0.147 e. The summed E-state index contributed by atoms with van der Waals surface area (Å²) in [5, 5.41) is 0. The van der Waals surface area contributed by atoms with E-state index in [0.717, 1.165) is 18.8 Å². The van der Waals surface area contributed by atoms with Crippen molar-refractivity contribution in [3.63, 3.8) is 0 Å². The van der Waals surface area contributed by atoms with Crippen LogP contribution in [0.5, 0.6) is 0 Å². The lowest BCUT2D eigenvalue weighted by molar-refractivity contribution is -0.494. The molecular weight excluding hydrogens is 168 g/mol. The van der Waals surface area contributed by atoms with Crippen LogP contribution in [-0.2, 0) is 0 Å². The number of aliphatic imine (C=N–C) groups is 1. The molecule has 0 aromatic carbocycles. The molecule has 0 radical (unpaired) electrons. The van der Waals surface area contributed by atoms with Crippen molar-refractivity contribution in [2.45, 2.75) is 6.92 Å². The van der Waals surface area contributed by atoms with E-state index in [9.17, 15) is 0 Å². The van der Waals surface area contributed by atoms with Gasteiger partial charge in [0, 0.05) is 18.2 Å². The number of nitrogens with zero attached hydrogens (tertiary/aromatic N) is 2. The maximum absolute atomic E-state index is 3.92. The highest BCUT2D eigenvalue weighted by Crippen LogP contribution is 2.08. The van der Waals surface area contributed by atoms with Crippen molar-refractivity contribution in [2.75, 3.05) is 31.6 Å². The Morgan fingerprint density at radius 1 is 1.58 bits per heavy atom. The molecule has 0 heterocycles. The van der Waals surface area contributed by atoms with Gasteiger partial charge in [0.1, 0.15) is 20.3 Å². The Morgan fingerprint density at radius 2 is 2.25 bits per heavy atom. The van der Waals surface area contributed by atoms with Gasteiger partial charge in [-0.2, -0.15) is 11.8 Å². The highest BCUT2D eigenvalue weighted by Gasteiger charge is 2.11. The molecule has 0 spiro atoms. The SMILES string of the molecule is C=NCC(CSCC)C[N+](=C)C.